The SMILES string of the molecule is CNC(c1ccc(OC)cc1)C(C)N(C)CC(C)(C)C. The summed E-state index contributed by atoms with van der Waals surface area (Å²) in [4.78, 5) is 2.42. The van der Waals surface area contributed by atoms with Crippen molar-refractivity contribution in [1.29, 1.82) is 0 Å². The van der Waals surface area contributed by atoms with Gasteiger partial charge in [-0.05, 0) is 44.1 Å². The van der Waals surface area contributed by atoms with E-state index in [0.717, 1.165) is 12.3 Å². The predicted molar refractivity (Wildman–Crippen MR) is 86.3 cm³/mol. The second kappa shape index (κ2) is 7.09. The van der Waals surface area contributed by atoms with Crippen LogP contribution in [0.15, 0.2) is 24.3 Å². The van der Waals surface area contributed by atoms with Crippen molar-refractivity contribution in [2.75, 3.05) is 27.7 Å². The maximum absolute atomic E-state index is 5.23. The number of nitrogens with zero attached hydrogens (tertiary/aromatic N) is 1. The molecule has 0 spiro atoms. The van der Waals surface area contributed by atoms with E-state index in [1.807, 2.05) is 19.2 Å². The smallest absolute Gasteiger partial charge is 0.118 e. The molecule has 0 aliphatic heterocycles. The first-order valence-corrected chi connectivity index (χ1v) is 7.30. The van der Waals surface area contributed by atoms with Gasteiger partial charge in [0.1, 0.15) is 5.75 Å². The molecule has 0 saturated carbocycles. The lowest BCUT2D eigenvalue weighted by molar-refractivity contribution is 0.154. The molecule has 0 aliphatic carbocycles. The number of ether oxygens (including phenoxy) is 1. The normalized spacial score (nSPS) is 15.2. The Morgan fingerprint density at radius 2 is 1.75 bits per heavy atom. The van der Waals surface area contributed by atoms with Gasteiger partial charge in [0.25, 0.3) is 0 Å². The molecule has 0 heterocycles. The first kappa shape index (κ1) is 17.0. The van der Waals surface area contributed by atoms with Crippen LogP contribution in [0.25, 0.3) is 0 Å². The zero-order valence-electron chi connectivity index (χ0n) is 14.0. The largest absolute Gasteiger partial charge is 0.497 e. The van der Waals surface area contributed by atoms with E-state index in [0.29, 0.717) is 17.5 Å². The minimum atomic E-state index is 0.307. The van der Waals surface area contributed by atoms with Crippen molar-refractivity contribution >= 4 is 0 Å². The molecule has 1 aromatic rings. The van der Waals surface area contributed by atoms with Crippen LogP contribution in [0, 0.1) is 5.41 Å². The number of benzene rings is 1. The van der Waals surface area contributed by atoms with Crippen LogP contribution in [0.3, 0.4) is 0 Å². The molecule has 3 nitrogen and oxygen atoms in total. The van der Waals surface area contributed by atoms with Gasteiger partial charge in [-0.2, -0.15) is 0 Å². The highest BCUT2D eigenvalue weighted by Gasteiger charge is 2.24. The predicted octanol–water partition coefficient (Wildman–Crippen LogP) is 3.32. The molecule has 0 amide bonds. The summed E-state index contributed by atoms with van der Waals surface area (Å²) < 4.78 is 5.23. The van der Waals surface area contributed by atoms with Gasteiger partial charge in [-0.3, -0.25) is 0 Å². The molecule has 1 aromatic carbocycles. The maximum Gasteiger partial charge on any atom is 0.118 e. The van der Waals surface area contributed by atoms with Crippen LogP contribution in [-0.2, 0) is 0 Å². The van der Waals surface area contributed by atoms with Crippen molar-refractivity contribution in [2.24, 2.45) is 5.41 Å². The number of methoxy groups -OCH3 is 1. The van der Waals surface area contributed by atoms with Crippen molar-refractivity contribution in [3.8, 4) is 5.75 Å². The summed E-state index contributed by atoms with van der Waals surface area (Å²) in [6, 6.07) is 9.07. The van der Waals surface area contributed by atoms with E-state index in [9.17, 15) is 0 Å². The van der Waals surface area contributed by atoms with Crippen molar-refractivity contribution in [3.05, 3.63) is 29.8 Å². The third-order valence-corrected chi connectivity index (χ3v) is 3.69. The molecule has 0 aliphatic rings. The van der Waals surface area contributed by atoms with Gasteiger partial charge in [-0.1, -0.05) is 32.9 Å². The van der Waals surface area contributed by atoms with Crippen LogP contribution in [-0.4, -0.2) is 38.7 Å². The Labute approximate surface area is 124 Å². The third kappa shape index (κ3) is 4.80. The fourth-order valence-electron chi connectivity index (χ4n) is 2.64. The monoisotopic (exact) mass is 278 g/mol. The fourth-order valence-corrected chi connectivity index (χ4v) is 2.64. The van der Waals surface area contributed by atoms with Crippen LogP contribution in [0.1, 0.15) is 39.3 Å². The summed E-state index contributed by atoms with van der Waals surface area (Å²) >= 11 is 0. The topological polar surface area (TPSA) is 24.5 Å². The van der Waals surface area contributed by atoms with Crippen LogP contribution >= 0.6 is 0 Å². The van der Waals surface area contributed by atoms with Crippen LogP contribution in [0.2, 0.25) is 0 Å². The Hall–Kier alpha value is -1.06. The number of rotatable bonds is 6. The molecular weight excluding hydrogens is 248 g/mol. The third-order valence-electron chi connectivity index (χ3n) is 3.69. The molecule has 0 fully saturated rings. The molecule has 3 heteroatoms. The van der Waals surface area contributed by atoms with Gasteiger partial charge in [0.2, 0.25) is 0 Å². The first-order chi connectivity index (χ1) is 9.28. The van der Waals surface area contributed by atoms with E-state index >= 15 is 0 Å². The molecule has 20 heavy (non-hydrogen) atoms. The molecule has 0 bridgehead atoms. The summed E-state index contributed by atoms with van der Waals surface area (Å²) in [6.07, 6.45) is 0. The molecule has 0 aromatic heterocycles. The van der Waals surface area contributed by atoms with Gasteiger partial charge in [-0.15, -0.1) is 0 Å². The Bertz CT molecular complexity index is 394. The van der Waals surface area contributed by atoms with E-state index < -0.39 is 0 Å². The Kier molecular flexibility index (Phi) is 6.03. The van der Waals surface area contributed by atoms with Gasteiger partial charge in [0.15, 0.2) is 0 Å². The quantitative estimate of drug-likeness (QED) is 0.864. The standard InChI is InChI=1S/C17H30N2O/c1-13(19(6)12-17(2,3)4)16(18-5)14-8-10-15(20-7)11-9-14/h8-11,13,16,18H,12H2,1-7H3. The second-order valence-corrected chi connectivity index (χ2v) is 6.76. The van der Waals surface area contributed by atoms with Crippen molar-refractivity contribution in [1.82, 2.24) is 10.2 Å². The summed E-state index contributed by atoms with van der Waals surface area (Å²) in [7, 11) is 5.92. The zero-order chi connectivity index (χ0) is 15.3. The van der Waals surface area contributed by atoms with E-state index in [1.165, 1.54) is 5.56 Å². The average molecular weight is 278 g/mol. The van der Waals surface area contributed by atoms with E-state index in [1.54, 1.807) is 7.11 Å². The minimum absolute atomic E-state index is 0.307. The highest BCUT2D eigenvalue weighted by Crippen LogP contribution is 2.24. The molecule has 2 unspecified atom stereocenters. The van der Waals surface area contributed by atoms with Crippen molar-refractivity contribution in [2.45, 2.75) is 39.8 Å². The summed E-state index contributed by atoms with van der Waals surface area (Å²) in [5, 5.41) is 3.44. The molecule has 2 atom stereocenters. The van der Waals surface area contributed by atoms with Crippen molar-refractivity contribution in [3.63, 3.8) is 0 Å². The summed E-state index contributed by atoms with van der Waals surface area (Å²) in [5.74, 6) is 0.902. The molecule has 114 valence electrons. The zero-order valence-corrected chi connectivity index (χ0v) is 14.0. The number of hydrogen-bond donors (Lipinski definition) is 1. The minimum Gasteiger partial charge on any atom is -0.497 e. The first-order valence-electron chi connectivity index (χ1n) is 7.30. The molecule has 0 radical (unpaired) electrons. The average Bonchev–Trinajstić information content (AvgIpc) is 2.38. The highest BCUT2D eigenvalue weighted by molar-refractivity contribution is 5.29. The van der Waals surface area contributed by atoms with Gasteiger partial charge in [0, 0.05) is 18.6 Å². The number of hydrogen-bond acceptors (Lipinski definition) is 3. The fraction of sp³-hybridized carbons (Fsp3) is 0.647. The highest BCUT2D eigenvalue weighted by atomic mass is 16.5. The summed E-state index contributed by atoms with van der Waals surface area (Å²) in [6.45, 7) is 10.2. The molecule has 0 saturated heterocycles. The lowest BCUT2D eigenvalue weighted by atomic mass is 9.93. The van der Waals surface area contributed by atoms with Gasteiger partial charge in [0.05, 0.1) is 7.11 Å². The van der Waals surface area contributed by atoms with Crippen LogP contribution in [0.4, 0.5) is 0 Å². The van der Waals surface area contributed by atoms with Gasteiger partial charge in [-0.25, -0.2) is 0 Å². The molecule has 1 rings (SSSR count). The van der Waals surface area contributed by atoms with E-state index in [-0.39, 0.29) is 0 Å². The van der Waals surface area contributed by atoms with Gasteiger partial charge >= 0.3 is 0 Å². The van der Waals surface area contributed by atoms with E-state index in [4.69, 9.17) is 4.74 Å². The molecule has 1 N–H and O–H groups in total. The Morgan fingerprint density at radius 1 is 1.20 bits per heavy atom. The lowest BCUT2D eigenvalue weighted by Crippen LogP contribution is -2.43. The molecular formula is C17H30N2O. The summed E-state index contributed by atoms with van der Waals surface area (Å²) in [5.41, 5.74) is 1.60. The second-order valence-electron chi connectivity index (χ2n) is 6.76. The number of likely N-dealkylation sites (N-methyl/N-ethyl adjacent to an activating group) is 2. The van der Waals surface area contributed by atoms with Gasteiger partial charge < -0.3 is 15.0 Å². The Balaban J connectivity index is 2.82. The van der Waals surface area contributed by atoms with E-state index in [2.05, 4.69) is 57.1 Å². The van der Waals surface area contributed by atoms with Crippen LogP contribution in [0.5, 0.6) is 5.75 Å². The maximum atomic E-state index is 5.23. The lowest BCUT2D eigenvalue weighted by Gasteiger charge is -2.36. The van der Waals surface area contributed by atoms with Crippen molar-refractivity contribution < 1.29 is 4.74 Å². The van der Waals surface area contributed by atoms with Crippen LogP contribution < -0.4 is 10.1 Å². The number of nitrogens with one attached hydrogen (secondary N) is 1. The Morgan fingerprint density at radius 3 is 2.15 bits per heavy atom.